The van der Waals surface area contributed by atoms with Crippen molar-refractivity contribution < 1.29 is 63.9 Å². The standard InChI is InChI=1S/C52H57N5O14/c1-3-28-15-30(19-35(59)18-28)25-68-46-41(21-40-43(45(46)61)38(60)20-39(69-40)31-7-10-36(11-8-31)67-14-13-33-9-12-42(53)57-33)70-50-51(65)22-32(16-29-5-4-6-34(17-29)55-23-27(2)58)44(37-24-54-26-56-37)52(66,49(51)64)47(71-50)48(62)63/h4-12,15,17-22,27,37,44,47,49-50,54-59,61,64-66H,3,13-14,16,23-26,53H2,1-2H3,(H,62,63). The van der Waals surface area contributed by atoms with Crippen LogP contribution >= 0.6 is 0 Å². The molecule has 8 unspecified atom stereocenters. The average Bonchev–Trinajstić information content (AvgIpc) is 4.02. The Kier molecular flexibility index (Phi) is 13.7. The second-order valence-electron chi connectivity index (χ2n) is 18.3. The fraction of sp³-hybridized carbons (Fsp3) is 0.346. The molecule has 374 valence electrons. The Balaban J connectivity index is 1.12. The van der Waals surface area contributed by atoms with Crippen molar-refractivity contribution >= 4 is 28.4 Å². The number of nitrogens with two attached hydrogens (primary N) is 1. The third-order valence-corrected chi connectivity index (χ3v) is 13.2. The van der Waals surface area contributed by atoms with Gasteiger partial charge in [0.15, 0.2) is 28.6 Å². The van der Waals surface area contributed by atoms with Gasteiger partial charge in [0.25, 0.3) is 0 Å². The molecule has 6 aromatic rings. The predicted octanol–water partition coefficient (Wildman–Crippen LogP) is 3.67. The van der Waals surface area contributed by atoms with Crippen LogP contribution in [0.4, 0.5) is 11.5 Å². The van der Waals surface area contributed by atoms with Crippen molar-refractivity contribution in [2.24, 2.45) is 5.92 Å². The lowest BCUT2D eigenvalue weighted by molar-refractivity contribution is -0.344. The van der Waals surface area contributed by atoms with Crippen molar-refractivity contribution in [1.82, 2.24) is 15.6 Å². The number of H-pyrrole nitrogens is 1. The number of phenolic OH excluding ortho intramolecular Hbond substituents is 2. The van der Waals surface area contributed by atoms with Crippen LogP contribution in [0.15, 0.2) is 112 Å². The fourth-order valence-corrected chi connectivity index (χ4v) is 9.83. The highest BCUT2D eigenvalue weighted by Gasteiger charge is 2.71. The summed E-state index contributed by atoms with van der Waals surface area (Å²) in [4.78, 5) is 30.4. The number of aryl methyl sites for hydroxylation is 1. The third kappa shape index (κ3) is 9.85. The number of nitrogens with one attached hydrogen (secondary N) is 4. The van der Waals surface area contributed by atoms with Gasteiger partial charge in [-0.15, -0.1) is 0 Å². The molecule has 9 rings (SSSR count). The van der Waals surface area contributed by atoms with Crippen LogP contribution in [0.2, 0.25) is 0 Å². The molecule has 71 heavy (non-hydrogen) atoms. The number of ether oxygens (including phenoxy) is 4. The summed E-state index contributed by atoms with van der Waals surface area (Å²) in [5.41, 5.74) is 3.91. The van der Waals surface area contributed by atoms with Crippen molar-refractivity contribution in [2.45, 2.75) is 81.6 Å². The van der Waals surface area contributed by atoms with E-state index in [9.17, 15) is 45.3 Å². The first-order chi connectivity index (χ1) is 34.0. The number of nitrogen functional groups attached to an aromatic ring is 1. The van der Waals surface area contributed by atoms with E-state index in [1.165, 1.54) is 24.3 Å². The summed E-state index contributed by atoms with van der Waals surface area (Å²) in [7, 11) is 0. The van der Waals surface area contributed by atoms with Crippen molar-refractivity contribution in [3.8, 4) is 40.1 Å². The SMILES string of the molecule is CCc1cc(O)cc(COc2c(OC3OC(C(=O)O)C4(O)C(C5CNCN5)C(Cc5cccc(NCC(C)O)c5)=CC3(O)C4O)cc3oc(-c4ccc(OCCc5ccc(N)[nH]5)cc4)cc(=O)c3c2O)c1. The van der Waals surface area contributed by atoms with Crippen LogP contribution in [0.3, 0.4) is 0 Å². The number of aliphatic hydroxyl groups is 4. The number of aromatic nitrogens is 1. The van der Waals surface area contributed by atoms with E-state index in [2.05, 4.69) is 20.9 Å². The van der Waals surface area contributed by atoms with Gasteiger partial charge in [-0.2, -0.15) is 0 Å². The van der Waals surface area contributed by atoms with Crippen molar-refractivity contribution in [3.63, 3.8) is 0 Å². The topological polar surface area (TPSA) is 304 Å². The Bertz CT molecular complexity index is 3000. The molecule has 0 amide bonds. The van der Waals surface area contributed by atoms with Crippen molar-refractivity contribution in [3.05, 3.63) is 135 Å². The van der Waals surface area contributed by atoms with Crippen LogP contribution in [0, 0.1) is 5.92 Å². The molecule has 13 N–H and O–H groups in total. The van der Waals surface area contributed by atoms with Crippen LogP contribution in [0.1, 0.15) is 36.2 Å². The first-order valence-electron chi connectivity index (χ1n) is 23.3. The first kappa shape index (κ1) is 48.9. The number of benzene rings is 4. The summed E-state index contributed by atoms with van der Waals surface area (Å²) in [6, 6.07) is 24.2. The monoisotopic (exact) mass is 975 g/mol. The number of hydrogen-bond acceptors (Lipinski definition) is 17. The molecule has 0 radical (unpaired) electrons. The van der Waals surface area contributed by atoms with Gasteiger partial charge in [0.1, 0.15) is 52.4 Å². The lowest BCUT2D eigenvalue weighted by atomic mass is 9.59. The van der Waals surface area contributed by atoms with E-state index in [1.54, 1.807) is 55.5 Å². The minimum Gasteiger partial charge on any atom is -0.508 e. The average molecular weight is 976 g/mol. The van der Waals surface area contributed by atoms with E-state index < -0.39 is 76.4 Å². The Labute approximate surface area is 407 Å². The molecule has 2 aliphatic heterocycles. The maximum Gasteiger partial charge on any atom is 0.336 e. The molecule has 4 aromatic carbocycles. The number of aliphatic hydroxyl groups excluding tert-OH is 2. The highest BCUT2D eigenvalue weighted by Crippen LogP contribution is 2.52. The number of phenols is 2. The molecular weight excluding hydrogens is 919 g/mol. The van der Waals surface area contributed by atoms with E-state index >= 15 is 0 Å². The Hall–Kier alpha value is -7.10. The molecule has 19 heteroatoms. The van der Waals surface area contributed by atoms with Gasteiger partial charge in [-0.1, -0.05) is 30.7 Å². The predicted molar refractivity (Wildman–Crippen MR) is 260 cm³/mol. The molecule has 8 atom stereocenters. The Morgan fingerprint density at radius 1 is 0.986 bits per heavy atom. The van der Waals surface area contributed by atoms with Gasteiger partial charge in [-0.05, 0) is 103 Å². The van der Waals surface area contributed by atoms with Crippen molar-refractivity contribution in [2.75, 3.05) is 37.4 Å². The van der Waals surface area contributed by atoms with Gasteiger partial charge in [-0.25, -0.2) is 4.79 Å². The molecule has 19 nitrogen and oxygen atoms in total. The molecule has 2 bridgehead atoms. The number of rotatable bonds is 18. The summed E-state index contributed by atoms with van der Waals surface area (Å²) in [5, 5.41) is 90.2. The zero-order chi connectivity index (χ0) is 50.2. The number of aromatic hydroxyl groups is 2. The van der Waals surface area contributed by atoms with E-state index in [4.69, 9.17) is 29.1 Å². The summed E-state index contributed by atoms with van der Waals surface area (Å²) in [5.74, 6) is -3.26. The second kappa shape index (κ2) is 20.0. The van der Waals surface area contributed by atoms with Crippen LogP contribution < -0.4 is 41.3 Å². The summed E-state index contributed by atoms with van der Waals surface area (Å²) in [6.07, 6.45) is -4.68. The zero-order valence-corrected chi connectivity index (χ0v) is 38.9. The minimum absolute atomic E-state index is 0.0411. The Morgan fingerprint density at radius 3 is 2.48 bits per heavy atom. The molecule has 2 aromatic heterocycles. The van der Waals surface area contributed by atoms with Gasteiger partial charge >= 0.3 is 5.97 Å². The molecule has 4 heterocycles. The van der Waals surface area contributed by atoms with Crippen LogP contribution in [0.25, 0.3) is 22.3 Å². The highest BCUT2D eigenvalue weighted by molar-refractivity contribution is 5.89. The zero-order valence-electron chi connectivity index (χ0n) is 38.9. The van der Waals surface area contributed by atoms with Crippen LogP contribution in [-0.4, -0.2) is 115 Å². The molecule has 3 aliphatic rings. The van der Waals surface area contributed by atoms with E-state index in [-0.39, 0.29) is 48.6 Å². The summed E-state index contributed by atoms with van der Waals surface area (Å²) >= 11 is 0. The van der Waals surface area contributed by atoms with Gasteiger partial charge in [0.05, 0.1) is 12.7 Å². The maximum atomic E-state index is 14.0. The fourth-order valence-electron chi connectivity index (χ4n) is 9.83. The lowest BCUT2D eigenvalue weighted by Crippen LogP contribution is -2.79. The number of aromatic amines is 1. The van der Waals surface area contributed by atoms with Crippen molar-refractivity contribution in [1.29, 1.82) is 0 Å². The molecule has 0 spiro atoms. The lowest BCUT2D eigenvalue weighted by Gasteiger charge is -2.58. The number of anilines is 2. The van der Waals surface area contributed by atoms with Gasteiger partial charge in [-0.3, -0.25) is 10.1 Å². The summed E-state index contributed by atoms with van der Waals surface area (Å²) < 4.78 is 30.8. The van der Waals surface area contributed by atoms with Crippen LogP contribution in [0.5, 0.6) is 28.7 Å². The Morgan fingerprint density at radius 2 is 1.77 bits per heavy atom. The van der Waals surface area contributed by atoms with E-state index in [0.29, 0.717) is 65.6 Å². The highest BCUT2D eigenvalue weighted by atomic mass is 16.7. The number of hydrogen-bond donors (Lipinski definition) is 12. The van der Waals surface area contributed by atoms with E-state index in [0.717, 1.165) is 11.3 Å². The summed E-state index contributed by atoms with van der Waals surface area (Å²) in [6.45, 7) is 4.45. The quantitative estimate of drug-likeness (QED) is 0.0547. The normalized spacial score (nSPS) is 24.3. The number of carboxylic acids is 1. The van der Waals surface area contributed by atoms with Gasteiger partial charge in [0.2, 0.25) is 12.0 Å². The molecule has 1 aliphatic carbocycles. The molecular formula is C52H57N5O14. The molecule has 0 saturated carbocycles. The number of carboxylic acid groups (broad SMARTS) is 1. The number of aliphatic carboxylic acids is 1. The van der Waals surface area contributed by atoms with Crippen LogP contribution in [-0.2, 0) is 35.4 Å². The molecule has 2 fully saturated rings. The number of fused-ring (bicyclic) bond motifs is 3. The minimum atomic E-state index is -2.68. The second-order valence-corrected chi connectivity index (χ2v) is 18.3. The maximum absolute atomic E-state index is 14.0. The van der Waals surface area contributed by atoms with Gasteiger partial charge in [0, 0.05) is 67.2 Å². The number of carbonyl (C=O) groups is 1. The first-order valence-corrected chi connectivity index (χ1v) is 23.3. The van der Waals surface area contributed by atoms with E-state index in [1.807, 2.05) is 31.2 Å². The third-order valence-electron chi connectivity index (χ3n) is 13.2. The smallest absolute Gasteiger partial charge is 0.336 e. The molecule has 2 saturated heterocycles. The van der Waals surface area contributed by atoms with Gasteiger partial charge < -0.3 is 80.5 Å². The largest absolute Gasteiger partial charge is 0.508 e.